The molecule has 0 saturated carbocycles. The normalized spacial score (nSPS) is 16.0. The zero-order valence-electron chi connectivity index (χ0n) is 12.9. The van der Waals surface area contributed by atoms with Gasteiger partial charge in [-0.05, 0) is 37.5 Å². The zero-order valence-corrected chi connectivity index (χ0v) is 12.9. The molecule has 1 aliphatic heterocycles. The van der Waals surface area contributed by atoms with E-state index < -0.39 is 0 Å². The molecule has 0 atom stereocenters. The summed E-state index contributed by atoms with van der Waals surface area (Å²) in [6.45, 7) is 3.57. The summed E-state index contributed by atoms with van der Waals surface area (Å²) in [7, 11) is 0. The van der Waals surface area contributed by atoms with Crippen LogP contribution in [0.2, 0.25) is 0 Å². The van der Waals surface area contributed by atoms with Crippen LogP contribution in [0.15, 0.2) is 22.6 Å². The van der Waals surface area contributed by atoms with Crippen LogP contribution in [-0.4, -0.2) is 30.1 Å². The van der Waals surface area contributed by atoms with Crippen molar-refractivity contribution in [3.63, 3.8) is 0 Å². The molecule has 1 amide bonds. The Kier molecular flexibility index (Phi) is 4.73. The Balaban J connectivity index is 1.71. The van der Waals surface area contributed by atoms with Gasteiger partial charge in [0.1, 0.15) is 5.52 Å². The largest absolute Gasteiger partial charge is 0.441 e. The quantitative estimate of drug-likeness (QED) is 0.922. The average Bonchev–Trinajstić information content (AvgIpc) is 2.95. The molecule has 1 aromatic carbocycles. The van der Waals surface area contributed by atoms with Gasteiger partial charge < -0.3 is 14.5 Å². The molecule has 1 fully saturated rings. The van der Waals surface area contributed by atoms with Gasteiger partial charge >= 0.3 is 0 Å². The van der Waals surface area contributed by atoms with Crippen LogP contribution in [0.4, 0.5) is 0 Å². The number of nitrogens with one attached hydrogen (secondary N) is 1. The molecule has 2 aromatic rings. The molecular weight excluding hydrogens is 280 g/mol. The van der Waals surface area contributed by atoms with Gasteiger partial charge in [-0.15, -0.1) is 0 Å². The number of fused-ring (bicyclic) bond motifs is 1. The van der Waals surface area contributed by atoms with Gasteiger partial charge in [0.05, 0.1) is 0 Å². The summed E-state index contributed by atoms with van der Waals surface area (Å²) >= 11 is 0. The van der Waals surface area contributed by atoms with Crippen molar-refractivity contribution in [2.45, 2.75) is 45.1 Å². The van der Waals surface area contributed by atoms with Crippen molar-refractivity contribution in [2.24, 2.45) is 0 Å². The lowest BCUT2D eigenvalue weighted by Gasteiger charge is -2.23. The van der Waals surface area contributed by atoms with E-state index in [-0.39, 0.29) is 11.9 Å². The van der Waals surface area contributed by atoms with Crippen LogP contribution in [0.5, 0.6) is 0 Å². The Morgan fingerprint density at radius 1 is 1.36 bits per heavy atom. The van der Waals surface area contributed by atoms with E-state index in [9.17, 15) is 4.79 Å². The highest BCUT2D eigenvalue weighted by Gasteiger charge is 2.17. The summed E-state index contributed by atoms with van der Waals surface area (Å²) in [5.41, 5.74) is 2.13. The molecule has 0 aliphatic carbocycles. The number of nitrogens with zero attached hydrogens (tertiary/aromatic N) is 1. The molecule has 1 saturated heterocycles. The number of rotatable bonds is 5. The molecular formula is C17H22N2O3. The number of benzene rings is 1. The van der Waals surface area contributed by atoms with Gasteiger partial charge in [0.15, 0.2) is 11.5 Å². The Hall–Kier alpha value is -1.88. The van der Waals surface area contributed by atoms with Gasteiger partial charge in [0, 0.05) is 31.2 Å². The van der Waals surface area contributed by atoms with Crippen molar-refractivity contribution < 1.29 is 13.9 Å². The third-order valence-electron chi connectivity index (χ3n) is 3.99. The predicted molar refractivity (Wildman–Crippen MR) is 83.9 cm³/mol. The maximum absolute atomic E-state index is 12.3. The topological polar surface area (TPSA) is 64.4 Å². The first-order valence-electron chi connectivity index (χ1n) is 8.04. The van der Waals surface area contributed by atoms with E-state index in [0.29, 0.717) is 18.8 Å². The molecule has 1 aromatic heterocycles. The van der Waals surface area contributed by atoms with Crippen LogP contribution < -0.4 is 5.32 Å². The third kappa shape index (κ3) is 3.47. The molecule has 0 bridgehead atoms. The molecule has 22 heavy (non-hydrogen) atoms. The van der Waals surface area contributed by atoms with Gasteiger partial charge in [-0.3, -0.25) is 4.79 Å². The summed E-state index contributed by atoms with van der Waals surface area (Å²) in [6, 6.07) is 5.64. The zero-order chi connectivity index (χ0) is 15.4. The number of ether oxygens (including phenoxy) is 1. The van der Waals surface area contributed by atoms with E-state index in [2.05, 4.69) is 17.2 Å². The first kappa shape index (κ1) is 15.0. The van der Waals surface area contributed by atoms with E-state index in [1.165, 1.54) is 0 Å². The number of oxazole rings is 1. The van der Waals surface area contributed by atoms with Crippen molar-refractivity contribution in [1.82, 2.24) is 10.3 Å². The predicted octanol–water partition coefficient (Wildman–Crippen LogP) is 3.08. The van der Waals surface area contributed by atoms with Crippen molar-refractivity contribution >= 4 is 17.0 Å². The van der Waals surface area contributed by atoms with Gasteiger partial charge in [-0.2, -0.15) is 0 Å². The fourth-order valence-electron chi connectivity index (χ4n) is 2.66. The lowest BCUT2D eigenvalue weighted by molar-refractivity contribution is 0.0696. The standard InChI is InChI=1S/C17H22N2O3/c1-2-3-4-16-19-14-11-12(5-6-15(14)22-16)17(20)18-13-7-9-21-10-8-13/h5-6,11,13H,2-4,7-10H2,1H3,(H,18,20). The van der Waals surface area contributed by atoms with E-state index >= 15 is 0 Å². The second-order valence-corrected chi connectivity index (χ2v) is 5.75. The van der Waals surface area contributed by atoms with E-state index in [1.807, 2.05) is 12.1 Å². The number of aryl methyl sites for hydroxylation is 1. The van der Waals surface area contributed by atoms with E-state index in [4.69, 9.17) is 9.15 Å². The van der Waals surface area contributed by atoms with Crippen LogP contribution in [0.3, 0.4) is 0 Å². The summed E-state index contributed by atoms with van der Waals surface area (Å²) < 4.78 is 11.0. The first-order valence-corrected chi connectivity index (χ1v) is 8.04. The molecule has 1 N–H and O–H groups in total. The summed E-state index contributed by atoms with van der Waals surface area (Å²) in [6.07, 6.45) is 4.76. The maximum atomic E-state index is 12.3. The smallest absolute Gasteiger partial charge is 0.251 e. The Bertz CT molecular complexity index is 644. The first-order chi connectivity index (χ1) is 10.8. The van der Waals surface area contributed by atoms with Gasteiger partial charge in [0.25, 0.3) is 5.91 Å². The molecule has 0 unspecified atom stereocenters. The van der Waals surface area contributed by atoms with E-state index in [1.54, 1.807) is 6.07 Å². The van der Waals surface area contributed by atoms with Crippen LogP contribution >= 0.6 is 0 Å². The molecule has 5 heteroatoms. The number of unbranched alkanes of at least 4 members (excludes halogenated alkanes) is 1. The van der Waals surface area contributed by atoms with Crippen LogP contribution in [-0.2, 0) is 11.2 Å². The van der Waals surface area contributed by atoms with Gasteiger partial charge in [-0.25, -0.2) is 4.98 Å². The van der Waals surface area contributed by atoms with Crippen molar-refractivity contribution in [2.75, 3.05) is 13.2 Å². The van der Waals surface area contributed by atoms with Gasteiger partial charge in [-0.1, -0.05) is 13.3 Å². The minimum absolute atomic E-state index is 0.0492. The molecule has 0 spiro atoms. The molecule has 0 radical (unpaired) electrons. The molecule has 2 heterocycles. The average molecular weight is 302 g/mol. The number of carbonyl (C=O) groups is 1. The highest BCUT2D eigenvalue weighted by molar-refractivity contribution is 5.97. The summed E-state index contributed by atoms with van der Waals surface area (Å²) in [5, 5.41) is 3.06. The number of hydrogen-bond donors (Lipinski definition) is 1. The molecule has 3 rings (SSSR count). The summed E-state index contributed by atoms with van der Waals surface area (Å²) in [4.78, 5) is 16.8. The van der Waals surface area contributed by atoms with Crippen molar-refractivity contribution in [1.29, 1.82) is 0 Å². The molecule has 118 valence electrons. The van der Waals surface area contributed by atoms with E-state index in [0.717, 1.165) is 49.1 Å². The maximum Gasteiger partial charge on any atom is 0.251 e. The molecule has 1 aliphatic rings. The Morgan fingerprint density at radius 3 is 2.95 bits per heavy atom. The number of hydrogen-bond acceptors (Lipinski definition) is 4. The lowest BCUT2D eigenvalue weighted by Crippen LogP contribution is -2.38. The number of amides is 1. The van der Waals surface area contributed by atoms with Crippen molar-refractivity contribution in [3.05, 3.63) is 29.7 Å². The third-order valence-corrected chi connectivity index (χ3v) is 3.99. The Morgan fingerprint density at radius 2 is 2.18 bits per heavy atom. The van der Waals surface area contributed by atoms with Crippen LogP contribution in [0.25, 0.3) is 11.1 Å². The van der Waals surface area contributed by atoms with Gasteiger partial charge in [0.2, 0.25) is 0 Å². The van der Waals surface area contributed by atoms with Crippen molar-refractivity contribution in [3.8, 4) is 0 Å². The second-order valence-electron chi connectivity index (χ2n) is 5.75. The summed E-state index contributed by atoms with van der Waals surface area (Å²) in [5.74, 6) is 0.700. The monoisotopic (exact) mass is 302 g/mol. The number of carbonyl (C=O) groups excluding carboxylic acids is 1. The highest BCUT2D eigenvalue weighted by Crippen LogP contribution is 2.19. The highest BCUT2D eigenvalue weighted by atomic mass is 16.5. The Labute approximate surface area is 130 Å². The SMILES string of the molecule is CCCCc1nc2cc(C(=O)NC3CCOCC3)ccc2o1. The fourth-order valence-corrected chi connectivity index (χ4v) is 2.66. The number of aromatic nitrogens is 1. The minimum atomic E-state index is -0.0492. The lowest BCUT2D eigenvalue weighted by atomic mass is 10.1. The minimum Gasteiger partial charge on any atom is -0.441 e. The second kappa shape index (κ2) is 6.92. The van der Waals surface area contributed by atoms with Crippen LogP contribution in [0, 0.1) is 0 Å². The van der Waals surface area contributed by atoms with Crippen LogP contribution in [0.1, 0.15) is 48.9 Å². The fraction of sp³-hybridized carbons (Fsp3) is 0.529. The molecule has 5 nitrogen and oxygen atoms in total.